The summed E-state index contributed by atoms with van der Waals surface area (Å²) in [6, 6.07) is 21.6. The summed E-state index contributed by atoms with van der Waals surface area (Å²) in [6.45, 7) is 4.78. The summed E-state index contributed by atoms with van der Waals surface area (Å²) < 4.78 is 2.41. The van der Waals surface area contributed by atoms with Crippen LogP contribution in [0.1, 0.15) is 26.7 Å². The molecule has 0 amide bonds. The zero-order valence-corrected chi connectivity index (χ0v) is 21.1. The van der Waals surface area contributed by atoms with Gasteiger partial charge < -0.3 is 0 Å². The molecular weight excluding hydrogens is 460 g/mol. The first-order valence-corrected chi connectivity index (χ1v) is 18.6. The van der Waals surface area contributed by atoms with Crippen molar-refractivity contribution in [2.24, 2.45) is 0 Å². The molecular formula is C18H26Br2Si3. The summed E-state index contributed by atoms with van der Waals surface area (Å²) in [5.41, 5.74) is 0. The average molecular weight is 486 g/mol. The fraction of sp³-hybridized carbons (Fsp3) is 0.333. The second kappa shape index (κ2) is 9.51. The molecule has 0 heterocycles. The van der Waals surface area contributed by atoms with Crippen LogP contribution in [0.3, 0.4) is 0 Å². The van der Waals surface area contributed by atoms with Crippen molar-refractivity contribution in [2.45, 2.75) is 38.8 Å². The summed E-state index contributed by atoms with van der Waals surface area (Å²) >= 11 is 7.16. The Hall–Kier alpha value is 0.0506. The Bertz CT molecular complexity index is 541. The molecule has 2 aromatic carbocycles. The maximum Gasteiger partial charge on any atom is 0.0471 e. The molecule has 0 aliphatic rings. The van der Waals surface area contributed by atoms with Crippen molar-refractivity contribution < 1.29 is 0 Å². The van der Waals surface area contributed by atoms with E-state index in [1.165, 1.54) is 21.8 Å². The fourth-order valence-electron chi connectivity index (χ4n) is 3.67. The molecule has 2 rings (SSSR count). The number of rotatable bonds is 8. The minimum absolute atomic E-state index is 0.128. The Balaban J connectivity index is 2.25. The molecule has 0 aliphatic carbocycles. The number of hydrogen-bond acceptors (Lipinski definition) is 0. The van der Waals surface area contributed by atoms with Crippen LogP contribution in [0.5, 0.6) is 0 Å². The molecule has 0 radical (unpaired) electrons. The third kappa shape index (κ3) is 6.12. The van der Waals surface area contributed by atoms with E-state index in [0.29, 0.717) is 0 Å². The minimum atomic E-state index is -1.06. The third-order valence-corrected chi connectivity index (χ3v) is 27.7. The van der Waals surface area contributed by atoms with Gasteiger partial charge in [-0.1, -0.05) is 105 Å². The number of halogens is 2. The zero-order chi connectivity index (χ0) is 16.7. The van der Waals surface area contributed by atoms with Crippen LogP contribution in [0.4, 0.5) is 0 Å². The summed E-state index contributed by atoms with van der Waals surface area (Å²) in [7, 11) is -1.32. The Morgan fingerprint density at radius 1 is 0.696 bits per heavy atom. The maximum absolute atomic E-state index is 3.58. The van der Waals surface area contributed by atoms with Crippen LogP contribution in [0.25, 0.3) is 0 Å². The molecule has 2 aromatic rings. The van der Waals surface area contributed by atoms with Crippen molar-refractivity contribution >= 4 is 67.4 Å². The molecule has 124 valence electrons. The molecule has 0 atom stereocenters. The lowest BCUT2D eigenvalue weighted by atomic mass is 10.4. The molecule has 23 heavy (non-hydrogen) atoms. The van der Waals surface area contributed by atoms with Gasteiger partial charge in [0.2, 0.25) is 0 Å². The average Bonchev–Trinajstić information content (AvgIpc) is 2.52. The van der Waals surface area contributed by atoms with Crippen molar-refractivity contribution in [3.8, 4) is 0 Å². The van der Waals surface area contributed by atoms with Crippen LogP contribution in [-0.4, -0.2) is 25.2 Å². The van der Waals surface area contributed by atoms with E-state index in [4.69, 9.17) is 0 Å². The van der Waals surface area contributed by atoms with Crippen LogP contribution >= 0.6 is 31.9 Å². The molecule has 0 saturated carbocycles. The number of hydrogen-bond donors (Lipinski definition) is 0. The van der Waals surface area contributed by atoms with Gasteiger partial charge in [-0.25, -0.2) is 0 Å². The van der Waals surface area contributed by atoms with Gasteiger partial charge in [-0.15, -0.1) is 0 Å². The van der Waals surface area contributed by atoms with Crippen molar-refractivity contribution in [3.05, 3.63) is 57.5 Å². The van der Waals surface area contributed by atoms with Gasteiger partial charge in [0.05, 0.1) is 0 Å². The quantitative estimate of drug-likeness (QED) is 0.499. The van der Waals surface area contributed by atoms with E-state index in [0.717, 1.165) is 0 Å². The second-order valence-corrected chi connectivity index (χ2v) is 28.9. The highest BCUT2D eigenvalue weighted by molar-refractivity contribution is 9.10. The largest absolute Gasteiger partial charge is 0.0697 e. The van der Waals surface area contributed by atoms with Crippen LogP contribution < -0.4 is 10.4 Å². The Kier molecular flexibility index (Phi) is 8.01. The van der Waals surface area contributed by atoms with Gasteiger partial charge in [0.25, 0.3) is 0 Å². The molecule has 0 saturated heterocycles. The van der Waals surface area contributed by atoms with E-state index in [9.17, 15) is 0 Å². The molecule has 0 unspecified atom stereocenters. The molecule has 0 aliphatic heterocycles. The highest BCUT2D eigenvalue weighted by Crippen LogP contribution is 2.19. The molecule has 5 heteroatoms. The predicted molar refractivity (Wildman–Crippen MR) is 121 cm³/mol. The SMILES string of the molecule is CCC[Si](CCC)([SiH2]c1ccc(Br)cc1)[SiH2]c1ccc(Br)cc1. The normalized spacial score (nSPS) is 12.7. The van der Waals surface area contributed by atoms with Gasteiger partial charge >= 0.3 is 0 Å². The predicted octanol–water partition coefficient (Wildman–Crippen LogP) is 3.76. The van der Waals surface area contributed by atoms with Crippen molar-refractivity contribution in [2.75, 3.05) is 0 Å². The van der Waals surface area contributed by atoms with Crippen molar-refractivity contribution in [3.63, 3.8) is 0 Å². The lowest BCUT2D eigenvalue weighted by Gasteiger charge is -2.31. The summed E-state index contributed by atoms with van der Waals surface area (Å²) in [4.78, 5) is 0. The van der Waals surface area contributed by atoms with Crippen LogP contribution in [0.2, 0.25) is 12.1 Å². The first kappa shape index (κ1) is 19.4. The topological polar surface area (TPSA) is 0 Å². The molecule has 0 spiro atoms. The fourth-order valence-corrected chi connectivity index (χ4v) is 29.7. The Morgan fingerprint density at radius 2 is 1.04 bits per heavy atom. The zero-order valence-electron chi connectivity index (χ0n) is 14.1. The van der Waals surface area contributed by atoms with Gasteiger partial charge in [0.1, 0.15) is 0 Å². The monoisotopic (exact) mass is 484 g/mol. The highest BCUT2D eigenvalue weighted by Gasteiger charge is 2.32. The van der Waals surface area contributed by atoms with Crippen LogP contribution in [-0.2, 0) is 0 Å². The van der Waals surface area contributed by atoms with Gasteiger partial charge in [-0.3, -0.25) is 0 Å². The first-order chi connectivity index (χ1) is 11.1. The van der Waals surface area contributed by atoms with E-state index in [1.807, 2.05) is 0 Å². The van der Waals surface area contributed by atoms with Crippen LogP contribution in [0.15, 0.2) is 57.5 Å². The Morgan fingerprint density at radius 3 is 1.35 bits per heavy atom. The van der Waals surface area contributed by atoms with E-state index in [-0.39, 0.29) is 18.1 Å². The molecule has 0 fully saturated rings. The minimum Gasteiger partial charge on any atom is -0.0697 e. The summed E-state index contributed by atoms with van der Waals surface area (Å²) in [5, 5.41) is 3.37. The van der Waals surface area contributed by atoms with Crippen molar-refractivity contribution in [1.82, 2.24) is 0 Å². The van der Waals surface area contributed by atoms with E-state index in [2.05, 4.69) is 94.2 Å². The third-order valence-electron chi connectivity index (χ3n) is 4.55. The van der Waals surface area contributed by atoms with Gasteiger partial charge in [0, 0.05) is 34.1 Å². The molecule has 0 N–H and O–H groups in total. The second-order valence-electron chi connectivity index (χ2n) is 6.61. The number of benzene rings is 2. The summed E-state index contributed by atoms with van der Waals surface area (Å²) in [6.07, 6.45) is 2.75. The van der Waals surface area contributed by atoms with Gasteiger partial charge in [-0.05, 0) is 24.3 Å². The molecule has 0 nitrogen and oxygen atoms in total. The lowest BCUT2D eigenvalue weighted by molar-refractivity contribution is 1.01. The molecule has 0 aromatic heterocycles. The standard InChI is InChI=1S/C18H26Br2Si3/c1-3-13-23(14-4-2,21-17-9-5-15(19)6-10-17)22-18-11-7-16(20)8-12-18/h5-12H,3-4,13-14,21-22H2,1-2H3. The van der Waals surface area contributed by atoms with Gasteiger partial charge in [-0.2, -0.15) is 0 Å². The first-order valence-electron chi connectivity index (χ1n) is 8.56. The summed E-state index contributed by atoms with van der Waals surface area (Å²) in [5.74, 6) is 0. The lowest BCUT2D eigenvalue weighted by Crippen LogP contribution is -2.56. The molecule has 0 bridgehead atoms. The smallest absolute Gasteiger partial charge is 0.0471 e. The highest BCUT2D eigenvalue weighted by atomic mass is 79.9. The van der Waals surface area contributed by atoms with Crippen LogP contribution in [0, 0.1) is 0 Å². The van der Waals surface area contributed by atoms with E-state index in [1.54, 1.807) is 22.5 Å². The Labute approximate surface area is 163 Å². The van der Waals surface area contributed by atoms with E-state index < -0.39 is 7.11 Å². The van der Waals surface area contributed by atoms with Crippen molar-refractivity contribution in [1.29, 1.82) is 0 Å². The van der Waals surface area contributed by atoms with Gasteiger partial charge in [0.15, 0.2) is 0 Å². The van der Waals surface area contributed by atoms with E-state index >= 15 is 0 Å². The maximum atomic E-state index is 3.58.